The molecule has 0 unspecified atom stereocenters. The lowest BCUT2D eigenvalue weighted by molar-refractivity contribution is -0.142. The van der Waals surface area contributed by atoms with E-state index in [9.17, 15) is 14.7 Å². The molecule has 1 aliphatic heterocycles. The van der Waals surface area contributed by atoms with Crippen LogP contribution in [0.3, 0.4) is 0 Å². The number of amides is 1. The number of aliphatic hydroxyl groups is 1. The molecule has 18 heavy (non-hydrogen) atoms. The van der Waals surface area contributed by atoms with Gasteiger partial charge in [0, 0.05) is 19.4 Å². The Morgan fingerprint density at radius 1 is 1.33 bits per heavy atom. The Kier molecular flexibility index (Phi) is 4.56. The molecule has 1 rings (SSSR count). The Morgan fingerprint density at radius 3 is 2.44 bits per heavy atom. The fourth-order valence-corrected chi connectivity index (χ4v) is 1.72. The van der Waals surface area contributed by atoms with Crippen molar-refractivity contribution in [2.24, 2.45) is 5.92 Å². The topological polar surface area (TPSA) is 76.1 Å². The van der Waals surface area contributed by atoms with Crippen LogP contribution in [-0.2, 0) is 14.3 Å². The van der Waals surface area contributed by atoms with Crippen LogP contribution < -0.4 is 0 Å². The van der Waals surface area contributed by atoms with Crippen molar-refractivity contribution in [2.75, 3.05) is 19.7 Å². The number of β-amino-alcohol motifs (C(OH)–C–C–N with tert-alkyl or cyclic N) is 1. The summed E-state index contributed by atoms with van der Waals surface area (Å²) >= 11 is 0. The van der Waals surface area contributed by atoms with Gasteiger partial charge in [-0.3, -0.25) is 4.79 Å². The van der Waals surface area contributed by atoms with Gasteiger partial charge in [0.15, 0.2) is 0 Å². The summed E-state index contributed by atoms with van der Waals surface area (Å²) in [5.74, 6) is -0.640. The fraction of sp³-hybridized carbons (Fsp3) is 0.833. The molecule has 6 nitrogen and oxygen atoms in total. The normalized spacial score (nSPS) is 23.9. The number of hydrogen-bond donors (Lipinski definition) is 1. The zero-order valence-corrected chi connectivity index (χ0v) is 11.3. The van der Waals surface area contributed by atoms with Gasteiger partial charge in [-0.25, -0.2) is 4.79 Å². The minimum atomic E-state index is -0.683. The largest absolute Gasteiger partial charge is 0.465 e. The third-order valence-corrected chi connectivity index (χ3v) is 2.56. The monoisotopic (exact) mass is 259 g/mol. The first-order valence-corrected chi connectivity index (χ1v) is 5.98. The lowest BCUT2D eigenvalue weighted by Crippen LogP contribution is -2.36. The highest BCUT2D eigenvalue weighted by Crippen LogP contribution is 2.20. The highest BCUT2D eigenvalue weighted by atomic mass is 16.6. The van der Waals surface area contributed by atoms with Crippen molar-refractivity contribution in [2.45, 2.75) is 39.4 Å². The van der Waals surface area contributed by atoms with Crippen molar-refractivity contribution in [1.29, 1.82) is 0 Å². The van der Waals surface area contributed by atoms with Crippen molar-refractivity contribution in [1.82, 2.24) is 4.90 Å². The number of hydrogen-bond acceptors (Lipinski definition) is 5. The van der Waals surface area contributed by atoms with E-state index in [0.29, 0.717) is 6.54 Å². The number of ether oxygens (including phenoxy) is 2. The molecule has 0 aromatic carbocycles. The number of nitrogens with zero attached hydrogens (tertiary/aromatic N) is 1. The molecule has 2 atom stereocenters. The molecule has 0 aromatic rings. The van der Waals surface area contributed by atoms with Gasteiger partial charge in [0.1, 0.15) is 5.60 Å². The van der Waals surface area contributed by atoms with Crippen LogP contribution >= 0.6 is 0 Å². The van der Waals surface area contributed by atoms with Gasteiger partial charge in [-0.05, 0) is 20.8 Å². The van der Waals surface area contributed by atoms with Crippen LogP contribution in [0.4, 0.5) is 4.79 Å². The van der Waals surface area contributed by atoms with Crippen LogP contribution in [0, 0.1) is 5.92 Å². The van der Waals surface area contributed by atoms with Crippen LogP contribution in [0.1, 0.15) is 27.7 Å². The maximum atomic E-state index is 11.8. The first-order valence-electron chi connectivity index (χ1n) is 5.98. The Balaban J connectivity index is 2.47. The number of likely N-dealkylation sites (tertiary alicyclic amines) is 1. The molecule has 0 aliphatic carbocycles. The molecule has 0 aromatic heterocycles. The minimum absolute atomic E-state index is 0.121. The van der Waals surface area contributed by atoms with Gasteiger partial charge in [-0.1, -0.05) is 0 Å². The van der Waals surface area contributed by atoms with E-state index in [1.807, 2.05) is 0 Å². The quantitative estimate of drug-likeness (QED) is 0.741. The van der Waals surface area contributed by atoms with Crippen LogP contribution in [0.5, 0.6) is 0 Å². The maximum absolute atomic E-state index is 11.8. The molecule has 1 N–H and O–H groups in total. The number of carbonyl (C=O) groups excluding carboxylic acids is 2. The van der Waals surface area contributed by atoms with Crippen molar-refractivity contribution >= 4 is 12.1 Å². The maximum Gasteiger partial charge on any atom is 0.410 e. The summed E-state index contributed by atoms with van der Waals surface area (Å²) in [4.78, 5) is 23.9. The molecule has 1 fully saturated rings. The van der Waals surface area contributed by atoms with Crippen molar-refractivity contribution < 1.29 is 24.2 Å². The number of carbonyl (C=O) groups is 2. The summed E-state index contributed by atoms with van der Waals surface area (Å²) in [7, 11) is 0. The second kappa shape index (κ2) is 5.56. The Labute approximate surface area is 107 Å². The van der Waals surface area contributed by atoms with Gasteiger partial charge in [0.2, 0.25) is 0 Å². The number of aliphatic hydroxyl groups excluding tert-OH is 1. The fourth-order valence-electron chi connectivity index (χ4n) is 1.72. The first kappa shape index (κ1) is 14.8. The van der Waals surface area contributed by atoms with Gasteiger partial charge in [0.05, 0.1) is 19.3 Å². The molecule has 1 aliphatic rings. The molecule has 1 saturated heterocycles. The highest BCUT2D eigenvalue weighted by Gasteiger charge is 2.36. The molecule has 104 valence electrons. The summed E-state index contributed by atoms with van der Waals surface area (Å²) in [6, 6.07) is 0. The summed E-state index contributed by atoms with van der Waals surface area (Å²) in [5, 5.41) is 9.78. The minimum Gasteiger partial charge on any atom is -0.465 e. The third-order valence-electron chi connectivity index (χ3n) is 2.56. The second-order valence-electron chi connectivity index (χ2n) is 5.52. The molecule has 0 bridgehead atoms. The van der Waals surface area contributed by atoms with E-state index in [2.05, 4.69) is 0 Å². The second-order valence-corrected chi connectivity index (χ2v) is 5.52. The molecule has 6 heteroatoms. The van der Waals surface area contributed by atoms with E-state index in [0.717, 1.165) is 0 Å². The van der Waals surface area contributed by atoms with Crippen LogP contribution in [0.15, 0.2) is 0 Å². The van der Waals surface area contributed by atoms with Gasteiger partial charge in [-0.15, -0.1) is 0 Å². The van der Waals surface area contributed by atoms with E-state index < -0.39 is 23.8 Å². The van der Waals surface area contributed by atoms with E-state index in [-0.39, 0.29) is 19.1 Å². The third kappa shape index (κ3) is 4.52. The summed E-state index contributed by atoms with van der Waals surface area (Å²) in [5.41, 5.74) is -0.560. The lowest BCUT2D eigenvalue weighted by atomic mass is 10.1. The number of rotatable bonds is 2. The van der Waals surface area contributed by atoms with Gasteiger partial charge in [-0.2, -0.15) is 0 Å². The molecular weight excluding hydrogens is 238 g/mol. The summed E-state index contributed by atoms with van der Waals surface area (Å²) in [6.07, 6.45) is -1.14. The molecule has 0 saturated carbocycles. The van der Waals surface area contributed by atoms with Crippen molar-refractivity contribution in [3.8, 4) is 0 Å². The molecular formula is C12H21NO5. The van der Waals surface area contributed by atoms with E-state index >= 15 is 0 Å². The lowest BCUT2D eigenvalue weighted by Gasteiger charge is -2.24. The predicted octanol–water partition coefficient (Wildman–Crippen LogP) is 0.777. The standard InChI is InChI=1S/C12H21NO5/c1-8(14)17-7-9-5-13(6-10(9)15)11(16)18-12(2,3)4/h9-10,15H,5-7H2,1-4H3/t9-,10+/m1/s1. The van der Waals surface area contributed by atoms with Gasteiger partial charge in [0.25, 0.3) is 0 Å². The average molecular weight is 259 g/mol. The summed E-state index contributed by atoms with van der Waals surface area (Å²) in [6.45, 7) is 7.34. The van der Waals surface area contributed by atoms with Gasteiger partial charge < -0.3 is 19.5 Å². The molecule has 1 amide bonds. The molecule has 1 heterocycles. The van der Waals surface area contributed by atoms with Crippen LogP contribution in [0.2, 0.25) is 0 Å². The predicted molar refractivity (Wildman–Crippen MR) is 63.9 cm³/mol. The molecule has 0 spiro atoms. The Bertz CT molecular complexity index is 323. The van der Waals surface area contributed by atoms with Gasteiger partial charge >= 0.3 is 12.1 Å². The van der Waals surface area contributed by atoms with E-state index in [1.54, 1.807) is 20.8 Å². The average Bonchev–Trinajstić information content (AvgIpc) is 2.54. The Hall–Kier alpha value is -1.30. The smallest absolute Gasteiger partial charge is 0.410 e. The zero-order chi connectivity index (χ0) is 13.9. The Morgan fingerprint density at radius 2 is 1.94 bits per heavy atom. The SMILES string of the molecule is CC(=O)OC[C@H]1CN(C(=O)OC(C)(C)C)C[C@@H]1O. The molecule has 0 radical (unpaired) electrons. The van der Waals surface area contributed by atoms with E-state index in [1.165, 1.54) is 11.8 Å². The van der Waals surface area contributed by atoms with Crippen LogP contribution in [-0.4, -0.2) is 53.5 Å². The number of esters is 1. The van der Waals surface area contributed by atoms with Crippen LogP contribution in [0.25, 0.3) is 0 Å². The zero-order valence-electron chi connectivity index (χ0n) is 11.3. The highest BCUT2D eigenvalue weighted by molar-refractivity contribution is 5.68. The summed E-state index contributed by atoms with van der Waals surface area (Å²) < 4.78 is 10.1. The van der Waals surface area contributed by atoms with Crippen molar-refractivity contribution in [3.63, 3.8) is 0 Å². The van der Waals surface area contributed by atoms with E-state index in [4.69, 9.17) is 9.47 Å². The van der Waals surface area contributed by atoms with Crippen molar-refractivity contribution in [3.05, 3.63) is 0 Å². The first-order chi connectivity index (χ1) is 8.19.